The minimum Gasteiger partial charge on any atom is -0.453 e. The van der Waals surface area contributed by atoms with Crippen molar-refractivity contribution >= 4 is 33.1 Å². The highest BCUT2D eigenvalue weighted by Crippen LogP contribution is 2.39. The summed E-state index contributed by atoms with van der Waals surface area (Å²) in [5.41, 5.74) is 3.17. The molecule has 0 aliphatic heterocycles. The molecule has 0 aliphatic carbocycles. The smallest absolute Gasteiger partial charge is 0.166 e. The summed E-state index contributed by atoms with van der Waals surface area (Å²) in [6.45, 7) is 3.81. The number of pyridine rings is 1. The first-order valence-corrected chi connectivity index (χ1v) is 14.4. The third kappa shape index (κ3) is 6.93. The van der Waals surface area contributed by atoms with Crippen LogP contribution in [0.1, 0.15) is 36.6 Å². The average Bonchev–Trinajstić information content (AvgIpc) is 3.54. The van der Waals surface area contributed by atoms with Crippen LogP contribution in [0.2, 0.25) is 0 Å². The van der Waals surface area contributed by atoms with Crippen molar-refractivity contribution in [3.8, 4) is 22.2 Å². The highest BCUT2D eigenvalue weighted by Gasteiger charge is 2.17. The summed E-state index contributed by atoms with van der Waals surface area (Å²) in [6.07, 6.45) is 4.56. The lowest BCUT2D eigenvalue weighted by Gasteiger charge is -2.09. The highest BCUT2D eigenvalue weighted by molar-refractivity contribution is 7.22. The summed E-state index contributed by atoms with van der Waals surface area (Å²) in [6, 6.07) is 17.4. The SMILES string of the molecule is CCCNCc1cnc(-c2cc3nccc(Oc4ccc(CC(=O)CC(=O)Cc5ccccc5)cc4F)c3s2)n1C. The van der Waals surface area contributed by atoms with E-state index >= 15 is 4.39 Å². The van der Waals surface area contributed by atoms with Gasteiger partial charge in [-0.05, 0) is 42.3 Å². The number of carbonyl (C=O) groups excluding carboxylic acids is 2. The molecule has 41 heavy (non-hydrogen) atoms. The van der Waals surface area contributed by atoms with Crippen LogP contribution in [0, 0.1) is 5.82 Å². The van der Waals surface area contributed by atoms with Gasteiger partial charge in [-0.25, -0.2) is 9.37 Å². The molecule has 210 valence electrons. The van der Waals surface area contributed by atoms with E-state index in [4.69, 9.17) is 4.74 Å². The lowest BCUT2D eigenvalue weighted by atomic mass is 10.0. The van der Waals surface area contributed by atoms with Crippen LogP contribution < -0.4 is 10.1 Å². The van der Waals surface area contributed by atoms with Crippen LogP contribution >= 0.6 is 11.3 Å². The maximum atomic E-state index is 15.1. The van der Waals surface area contributed by atoms with Gasteiger partial charge in [0.1, 0.15) is 23.1 Å². The largest absolute Gasteiger partial charge is 0.453 e. The van der Waals surface area contributed by atoms with E-state index in [-0.39, 0.29) is 36.6 Å². The van der Waals surface area contributed by atoms with Crippen LogP contribution in [0.15, 0.2) is 73.1 Å². The van der Waals surface area contributed by atoms with Crippen LogP contribution in [0.4, 0.5) is 4.39 Å². The molecule has 1 N–H and O–H groups in total. The number of thiophene rings is 1. The van der Waals surface area contributed by atoms with Crippen molar-refractivity contribution < 1.29 is 18.7 Å². The summed E-state index contributed by atoms with van der Waals surface area (Å²) >= 11 is 1.49. The molecule has 0 saturated heterocycles. The van der Waals surface area contributed by atoms with Crippen LogP contribution in [-0.2, 0) is 36.0 Å². The number of carbonyl (C=O) groups is 2. The van der Waals surface area contributed by atoms with Crippen LogP contribution in [0.3, 0.4) is 0 Å². The third-order valence-corrected chi connectivity index (χ3v) is 7.80. The number of benzene rings is 2. The second-order valence-electron chi connectivity index (χ2n) is 9.90. The number of imidazole rings is 1. The van der Waals surface area contributed by atoms with E-state index in [1.54, 1.807) is 18.3 Å². The molecule has 3 aromatic heterocycles. The van der Waals surface area contributed by atoms with Gasteiger partial charge in [0.15, 0.2) is 11.6 Å². The van der Waals surface area contributed by atoms with Crippen LogP contribution in [-0.4, -0.2) is 32.6 Å². The number of rotatable bonds is 13. The summed E-state index contributed by atoms with van der Waals surface area (Å²) in [7, 11) is 1.99. The molecule has 0 unspecified atom stereocenters. The number of Topliss-reactive ketones (excluding diaryl/α,β-unsaturated/α-hetero) is 2. The maximum absolute atomic E-state index is 15.1. The van der Waals surface area contributed by atoms with E-state index < -0.39 is 5.82 Å². The van der Waals surface area contributed by atoms with Gasteiger partial charge in [0, 0.05) is 38.7 Å². The van der Waals surface area contributed by atoms with Crippen molar-refractivity contribution in [2.45, 2.75) is 39.2 Å². The standard InChI is InChI=1S/C32H31FN4O3S/c1-3-12-34-19-23-20-36-32(37(23)2)30-18-27-31(41-30)29(11-13-35-27)40-28-10-9-22(16-26(28)33)15-25(39)17-24(38)14-21-7-5-4-6-8-21/h4-11,13,16,18,20,34H,3,12,14-15,17,19H2,1-2H3. The molecule has 0 atom stereocenters. The van der Waals surface area contributed by atoms with Gasteiger partial charge in [-0.3, -0.25) is 14.6 Å². The summed E-state index contributed by atoms with van der Waals surface area (Å²) in [4.78, 5) is 34.8. The highest BCUT2D eigenvalue weighted by atomic mass is 32.1. The number of hydrogen-bond donors (Lipinski definition) is 1. The Bertz CT molecular complexity index is 1680. The Balaban J connectivity index is 1.26. The number of hydrogen-bond acceptors (Lipinski definition) is 7. The van der Waals surface area contributed by atoms with Crippen molar-refractivity contribution in [1.82, 2.24) is 19.9 Å². The van der Waals surface area contributed by atoms with E-state index in [0.717, 1.165) is 51.7 Å². The number of nitrogens with one attached hydrogen (secondary N) is 1. The summed E-state index contributed by atoms with van der Waals surface area (Å²) in [5, 5.41) is 3.40. The van der Waals surface area contributed by atoms with Gasteiger partial charge in [-0.1, -0.05) is 43.3 Å². The molecule has 5 aromatic rings. The van der Waals surface area contributed by atoms with E-state index in [1.165, 1.54) is 23.5 Å². The van der Waals surface area contributed by atoms with Gasteiger partial charge in [0.2, 0.25) is 0 Å². The molecule has 9 heteroatoms. The number of aromatic nitrogens is 3. The quantitative estimate of drug-likeness (QED) is 0.130. The Labute approximate surface area is 242 Å². The Morgan fingerprint density at radius 3 is 2.51 bits per heavy atom. The third-order valence-electron chi connectivity index (χ3n) is 6.67. The Morgan fingerprint density at radius 2 is 1.76 bits per heavy atom. The molecular formula is C32H31FN4O3S. The molecule has 2 aromatic carbocycles. The first-order valence-electron chi connectivity index (χ1n) is 13.5. The van der Waals surface area contributed by atoms with Gasteiger partial charge < -0.3 is 14.6 Å². The molecule has 0 aliphatic rings. The van der Waals surface area contributed by atoms with E-state index in [1.807, 2.05) is 49.6 Å². The zero-order chi connectivity index (χ0) is 28.8. The van der Waals surface area contributed by atoms with Crippen molar-refractivity contribution in [3.05, 3.63) is 95.7 Å². The van der Waals surface area contributed by atoms with Gasteiger partial charge in [0.25, 0.3) is 0 Å². The maximum Gasteiger partial charge on any atom is 0.166 e. The molecule has 0 bridgehead atoms. The molecule has 0 saturated carbocycles. The summed E-state index contributed by atoms with van der Waals surface area (Å²) < 4.78 is 23.9. The lowest BCUT2D eigenvalue weighted by Crippen LogP contribution is -2.16. The molecule has 0 fully saturated rings. The fourth-order valence-corrected chi connectivity index (χ4v) is 5.69. The zero-order valence-electron chi connectivity index (χ0n) is 23.0. The van der Waals surface area contributed by atoms with E-state index in [2.05, 4.69) is 26.8 Å². The minimum atomic E-state index is -0.582. The zero-order valence-corrected chi connectivity index (χ0v) is 23.8. The number of fused-ring (bicyclic) bond motifs is 1. The molecular weight excluding hydrogens is 539 g/mol. The Morgan fingerprint density at radius 1 is 0.976 bits per heavy atom. The number of nitrogens with zero attached hydrogens (tertiary/aromatic N) is 3. The molecule has 0 spiro atoms. The minimum absolute atomic E-state index is 0.0227. The van der Waals surface area contributed by atoms with Gasteiger partial charge in [-0.2, -0.15) is 0 Å². The molecule has 0 radical (unpaired) electrons. The van der Waals surface area contributed by atoms with Crippen molar-refractivity contribution in [2.75, 3.05) is 6.54 Å². The number of ketones is 2. The normalized spacial score (nSPS) is 11.2. The van der Waals surface area contributed by atoms with Crippen LogP contribution in [0.5, 0.6) is 11.5 Å². The molecule has 0 amide bonds. The first-order chi connectivity index (χ1) is 19.9. The first kappa shape index (κ1) is 28.3. The number of ether oxygens (including phenoxy) is 1. The second-order valence-corrected chi connectivity index (χ2v) is 11.0. The van der Waals surface area contributed by atoms with Gasteiger partial charge in [0.05, 0.1) is 33.4 Å². The molecule has 3 heterocycles. The Kier molecular flexibility index (Phi) is 8.96. The second kappa shape index (κ2) is 13.0. The molecule has 5 rings (SSSR count). The van der Waals surface area contributed by atoms with Crippen molar-refractivity contribution in [3.63, 3.8) is 0 Å². The predicted octanol–water partition coefficient (Wildman–Crippen LogP) is 6.44. The monoisotopic (exact) mass is 570 g/mol. The fraction of sp³-hybridized carbons (Fsp3) is 0.250. The summed E-state index contributed by atoms with van der Waals surface area (Å²) in [5.74, 6) is 0.369. The predicted molar refractivity (Wildman–Crippen MR) is 159 cm³/mol. The van der Waals surface area contributed by atoms with Crippen molar-refractivity contribution in [1.29, 1.82) is 0 Å². The Hall–Kier alpha value is -4.21. The fourth-order valence-electron chi connectivity index (χ4n) is 4.59. The number of halogens is 1. The van der Waals surface area contributed by atoms with Gasteiger partial charge >= 0.3 is 0 Å². The van der Waals surface area contributed by atoms with Crippen LogP contribution in [0.25, 0.3) is 20.9 Å². The molecule has 7 nitrogen and oxygen atoms in total. The van der Waals surface area contributed by atoms with Crippen molar-refractivity contribution in [2.24, 2.45) is 7.05 Å². The van der Waals surface area contributed by atoms with E-state index in [0.29, 0.717) is 11.3 Å². The van der Waals surface area contributed by atoms with Gasteiger partial charge in [-0.15, -0.1) is 11.3 Å². The van der Waals surface area contributed by atoms with E-state index in [9.17, 15) is 9.59 Å². The lowest BCUT2D eigenvalue weighted by molar-refractivity contribution is -0.126. The average molecular weight is 571 g/mol. The topological polar surface area (TPSA) is 86.1 Å².